The largest absolute Gasteiger partial charge is 0.368 e. The SMILES string of the molecule is Cc1cc(C)c(CNC(=O)N2CCN(c3ccccc3)CC2)c(=O)[nH]1. The fourth-order valence-electron chi connectivity index (χ4n) is 3.18. The summed E-state index contributed by atoms with van der Waals surface area (Å²) in [4.78, 5) is 31.3. The van der Waals surface area contributed by atoms with Crippen molar-refractivity contribution in [2.45, 2.75) is 20.4 Å². The van der Waals surface area contributed by atoms with Gasteiger partial charge in [0.25, 0.3) is 5.56 Å². The molecule has 0 spiro atoms. The quantitative estimate of drug-likeness (QED) is 0.898. The number of hydrogen-bond acceptors (Lipinski definition) is 3. The third-order valence-electron chi connectivity index (χ3n) is 4.60. The molecule has 1 aromatic carbocycles. The van der Waals surface area contributed by atoms with Crippen molar-refractivity contribution in [3.63, 3.8) is 0 Å². The minimum atomic E-state index is -0.133. The Balaban J connectivity index is 1.54. The molecule has 0 atom stereocenters. The van der Waals surface area contributed by atoms with Gasteiger partial charge in [-0.25, -0.2) is 4.79 Å². The second kappa shape index (κ2) is 7.42. The molecule has 6 heteroatoms. The minimum Gasteiger partial charge on any atom is -0.368 e. The third kappa shape index (κ3) is 4.02. The number of nitrogens with zero attached hydrogens (tertiary/aromatic N) is 2. The highest BCUT2D eigenvalue weighted by molar-refractivity contribution is 5.74. The standard InChI is InChI=1S/C19H24N4O2/c1-14-12-15(2)21-18(24)17(14)13-20-19(25)23-10-8-22(9-11-23)16-6-4-3-5-7-16/h3-7,12H,8-11,13H2,1-2H3,(H,20,25)(H,21,24). The smallest absolute Gasteiger partial charge is 0.317 e. The number of hydrogen-bond donors (Lipinski definition) is 2. The van der Waals surface area contributed by atoms with E-state index in [9.17, 15) is 9.59 Å². The maximum atomic E-state index is 12.4. The number of aromatic amines is 1. The van der Waals surface area contributed by atoms with Crippen LogP contribution in [0.25, 0.3) is 0 Å². The van der Waals surface area contributed by atoms with Crippen LogP contribution in [0.15, 0.2) is 41.2 Å². The summed E-state index contributed by atoms with van der Waals surface area (Å²) in [7, 11) is 0. The van der Waals surface area contributed by atoms with E-state index >= 15 is 0 Å². The van der Waals surface area contributed by atoms with Gasteiger partial charge in [-0.05, 0) is 37.6 Å². The molecule has 0 aliphatic carbocycles. The van der Waals surface area contributed by atoms with Gasteiger partial charge in [-0.3, -0.25) is 4.79 Å². The lowest BCUT2D eigenvalue weighted by atomic mass is 10.1. The van der Waals surface area contributed by atoms with Gasteiger partial charge in [0.05, 0.1) is 6.54 Å². The van der Waals surface area contributed by atoms with E-state index < -0.39 is 0 Å². The van der Waals surface area contributed by atoms with Gasteiger partial charge in [-0.1, -0.05) is 18.2 Å². The molecule has 6 nitrogen and oxygen atoms in total. The normalized spacial score (nSPS) is 14.5. The van der Waals surface area contributed by atoms with Crippen LogP contribution in [0.4, 0.5) is 10.5 Å². The highest BCUT2D eigenvalue weighted by Crippen LogP contribution is 2.15. The van der Waals surface area contributed by atoms with Gasteiger partial charge in [-0.2, -0.15) is 0 Å². The predicted octanol–water partition coefficient (Wildman–Crippen LogP) is 2.02. The number of anilines is 1. The molecule has 1 aromatic heterocycles. The average Bonchev–Trinajstić information content (AvgIpc) is 2.61. The Labute approximate surface area is 147 Å². The summed E-state index contributed by atoms with van der Waals surface area (Å²) in [5.41, 5.74) is 3.39. The summed E-state index contributed by atoms with van der Waals surface area (Å²) in [5.74, 6) is 0. The number of H-pyrrole nitrogens is 1. The number of piperazine rings is 1. The van der Waals surface area contributed by atoms with Crippen molar-refractivity contribution < 1.29 is 4.79 Å². The number of carbonyl (C=O) groups excluding carboxylic acids is 1. The summed E-state index contributed by atoms with van der Waals surface area (Å²) in [5, 5.41) is 2.87. The molecular weight excluding hydrogens is 316 g/mol. The number of carbonyl (C=O) groups is 1. The Morgan fingerprint density at radius 3 is 2.44 bits per heavy atom. The van der Waals surface area contributed by atoms with E-state index in [-0.39, 0.29) is 18.1 Å². The molecule has 2 N–H and O–H groups in total. The number of benzene rings is 1. The fraction of sp³-hybridized carbons (Fsp3) is 0.368. The number of amides is 2. The zero-order valence-electron chi connectivity index (χ0n) is 14.7. The molecule has 1 aliphatic rings. The van der Waals surface area contributed by atoms with Crippen LogP contribution in [0.2, 0.25) is 0 Å². The topological polar surface area (TPSA) is 68.4 Å². The zero-order valence-corrected chi connectivity index (χ0v) is 14.7. The Bertz CT molecular complexity index is 793. The van der Waals surface area contributed by atoms with Crippen LogP contribution < -0.4 is 15.8 Å². The number of pyridine rings is 1. The molecule has 2 amide bonds. The zero-order chi connectivity index (χ0) is 17.8. The van der Waals surface area contributed by atoms with E-state index in [1.54, 1.807) is 4.90 Å². The van der Waals surface area contributed by atoms with Crippen molar-refractivity contribution in [2.24, 2.45) is 0 Å². The number of aromatic nitrogens is 1. The van der Waals surface area contributed by atoms with Crippen LogP contribution in [0.3, 0.4) is 0 Å². The molecule has 0 saturated carbocycles. The van der Waals surface area contributed by atoms with Gasteiger partial charge in [0.1, 0.15) is 0 Å². The number of aryl methyl sites for hydroxylation is 2. The van der Waals surface area contributed by atoms with Gasteiger partial charge >= 0.3 is 6.03 Å². The molecule has 25 heavy (non-hydrogen) atoms. The molecule has 1 saturated heterocycles. The van der Waals surface area contributed by atoms with Crippen LogP contribution in [0.1, 0.15) is 16.8 Å². The maximum Gasteiger partial charge on any atom is 0.317 e. The fourth-order valence-corrected chi connectivity index (χ4v) is 3.18. The molecule has 2 heterocycles. The first-order valence-corrected chi connectivity index (χ1v) is 8.57. The summed E-state index contributed by atoms with van der Waals surface area (Å²) < 4.78 is 0. The molecule has 0 unspecified atom stereocenters. The lowest BCUT2D eigenvalue weighted by Crippen LogP contribution is -2.51. The van der Waals surface area contributed by atoms with Gasteiger partial charge in [0.15, 0.2) is 0 Å². The second-order valence-electron chi connectivity index (χ2n) is 6.41. The number of urea groups is 1. The van der Waals surface area contributed by atoms with E-state index in [1.807, 2.05) is 38.1 Å². The number of para-hydroxylation sites is 1. The van der Waals surface area contributed by atoms with Gasteiger partial charge in [-0.15, -0.1) is 0 Å². The Morgan fingerprint density at radius 2 is 1.80 bits per heavy atom. The van der Waals surface area contributed by atoms with E-state index in [4.69, 9.17) is 0 Å². The van der Waals surface area contributed by atoms with Crippen LogP contribution in [-0.4, -0.2) is 42.1 Å². The van der Waals surface area contributed by atoms with Crippen LogP contribution in [-0.2, 0) is 6.54 Å². The molecule has 132 valence electrons. The first kappa shape index (κ1) is 17.1. The molecular formula is C19H24N4O2. The van der Waals surface area contributed by atoms with Crippen LogP contribution in [0, 0.1) is 13.8 Å². The Kier molecular flexibility index (Phi) is 5.07. The molecule has 0 radical (unpaired) electrons. The summed E-state index contributed by atoms with van der Waals surface area (Å²) in [6.45, 7) is 6.95. The molecule has 1 fully saturated rings. The lowest BCUT2D eigenvalue weighted by Gasteiger charge is -2.36. The molecule has 3 rings (SSSR count). The predicted molar refractivity (Wildman–Crippen MR) is 99.0 cm³/mol. The average molecular weight is 340 g/mol. The first-order chi connectivity index (χ1) is 12.0. The minimum absolute atomic E-state index is 0.118. The highest BCUT2D eigenvalue weighted by atomic mass is 16.2. The monoisotopic (exact) mass is 340 g/mol. The number of nitrogens with one attached hydrogen (secondary N) is 2. The summed E-state index contributed by atoms with van der Waals surface area (Å²) in [6.07, 6.45) is 0. The van der Waals surface area contributed by atoms with Gasteiger partial charge in [0, 0.05) is 43.1 Å². The van der Waals surface area contributed by atoms with Crippen LogP contribution >= 0.6 is 0 Å². The van der Waals surface area contributed by atoms with Crippen molar-refractivity contribution in [3.8, 4) is 0 Å². The summed E-state index contributed by atoms with van der Waals surface area (Å²) in [6, 6.07) is 12.0. The van der Waals surface area contributed by atoms with E-state index in [2.05, 4.69) is 27.3 Å². The van der Waals surface area contributed by atoms with Crippen molar-refractivity contribution in [1.82, 2.24) is 15.2 Å². The Hall–Kier alpha value is -2.76. The molecule has 1 aliphatic heterocycles. The maximum absolute atomic E-state index is 12.4. The molecule has 2 aromatic rings. The van der Waals surface area contributed by atoms with Crippen molar-refractivity contribution >= 4 is 11.7 Å². The lowest BCUT2D eigenvalue weighted by molar-refractivity contribution is 0.194. The van der Waals surface area contributed by atoms with Crippen molar-refractivity contribution in [3.05, 3.63) is 63.6 Å². The Morgan fingerprint density at radius 1 is 1.12 bits per heavy atom. The first-order valence-electron chi connectivity index (χ1n) is 8.57. The highest BCUT2D eigenvalue weighted by Gasteiger charge is 2.21. The van der Waals surface area contributed by atoms with E-state index in [0.717, 1.165) is 24.3 Å². The number of rotatable bonds is 3. The van der Waals surface area contributed by atoms with E-state index in [0.29, 0.717) is 18.7 Å². The second-order valence-corrected chi connectivity index (χ2v) is 6.41. The molecule has 0 bridgehead atoms. The van der Waals surface area contributed by atoms with Crippen molar-refractivity contribution in [2.75, 3.05) is 31.1 Å². The summed E-state index contributed by atoms with van der Waals surface area (Å²) >= 11 is 0. The van der Waals surface area contributed by atoms with Crippen LogP contribution in [0.5, 0.6) is 0 Å². The third-order valence-corrected chi connectivity index (χ3v) is 4.60. The van der Waals surface area contributed by atoms with Gasteiger partial charge < -0.3 is 20.1 Å². The van der Waals surface area contributed by atoms with Crippen molar-refractivity contribution in [1.29, 1.82) is 0 Å². The van der Waals surface area contributed by atoms with E-state index in [1.165, 1.54) is 5.69 Å². The van der Waals surface area contributed by atoms with Gasteiger partial charge in [0.2, 0.25) is 0 Å².